The molecular weight excluding hydrogens is 260 g/mol. The summed E-state index contributed by atoms with van der Waals surface area (Å²) in [5, 5.41) is 0. The van der Waals surface area contributed by atoms with Crippen LogP contribution in [0.1, 0.15) is 52.0 Å². The van der Waals surface area contributed by atoms with Crippen molar-refractivity contribution < 1.29 is 4.74 Å². The molecule has 21 heavy (non-hydrogen) atoms. The molecule has 0 aromatic heterocycles. The molecule has 1 saturated heterocycles. The molecule has 0 radical (unpaired) electrons. The van der Waals surface area contributed by atoms with Crippen LogP contribution in [0.3, 0.4) is 0 Å². The van der Waals surface area contributed by atoms with Crippen molar-refractivity contribution in [1.82, 2.24) is 5.43 Å². The zero-order valence-electron chi connectivity index (χ0n) is 13.6. The van der Waals surface area contributed by atoms with Crippen LogP contribution in [-0.4, -0.2) is 17.2 Å². The molecule has 4 unspecified atom stereocenters. The van der Waals surface area contributed by atoms with Gasteiger partial charge in [-0.3, -0.25) is 11.3 Å². The molecule has 1 aliphatic heterocycles. The Kier molecular flexibility index (Phi) is 3.63. The Bertz CT molecular complexity index is 497. The zero-order chi connectivity index (χ0) is 15.3. The standard InChI is InChI=1S/C18H28N2O/c1-17(2)11-15(18(3,4)21-17)16(20-19)14-10-13(14)12-8-6-5-7-9-12/h5-9,13-16,20H,10-11,19H2,1-4H3. The van der Waals surface area contributed by atoms with Crippen LogP contribution in [0.2, 0.25) is 0 Å². The van der Waals surface area contributed by atoms with Crippen LogP contribution in [0.5, 0.6) is 0 Å². The number of nitrogens with one attached hydrogen (secondary N) is 1. The Morgan fingerprint density at radius 1 is 1.19 bits per heavy atom. The third-order valence-electron chi connectivity index (χ3n) is 5.30. The van der Waals surface area contributed by atoms with E-state index in [1.54, 1.807) is 0 Å². The van der Waals surface area contributed by atoms with Gasteiger partial charge >= 0.3 is 0 Å². The van der Waals surface area contributed by atoms with Gasteiger partial charge in [0.2, 0.25) is 0 Å². The van der Waals surface area contributed by atoms with Crippen LogP contribution >= 0.6 is 0 Å². The van der Waals surface area contributed by atoms with Crippen molar-refractivity contribution in [1.29, 1.82) is 0 Å². The summed E-state index contributed by atoms with van der Waals surface area (Å²) in [5.74, 6) is 7.66. The predicted octanol–water partition coefficient (Wildman–Crippen LogP) is 3.22. The zero-order valence-corrected chi connectivity index (χ0v) is 13.6. The Hall–Kier alpha value is -0.900. The molecule has 4 atom stereocenters. The molecule has 1 saturated carbocycles. The molecule has 1 aromatic rings. The second-order valence-electron chi connectivity index (χ2n) is 7.89. The molecule has 3 rings (SSSR count). The minimum absolute atomic E-state index is 0.0552. The molecule has 2 fully saturated rings. The van der Waals surface area contributed by atoms with Crippen molar-refractivity contribution >= 4 is 0 Å². The first-order valence-corrected chi connectivity index (χ1v) is 8.05. The number of rotatable bonds is 4. The van der Waals surface area contributed by atoms with Crippen molar-refractivity contribution in [2.24, 2.45) is 17.7 Å². The first kappa shape index (κ1) is 15.0. The molecule has 0 spiro atoms. The topological polar surface area (TPSA) is 47.3 Å². The lowest BCUT2D eigenvalue weighted by Gasteiger charge is -2.33. The quantitative estimate of drug-likeness (QED) is 0.660. The van der Waals surface area contributed by atoms with Gasteiger partial charge in [-0.25, -0.2) is 0 Å². The van der Waals surface area contributed by atoms with Crippen LogP contribution in [0.25, 0.3) is 0 Å². The fourth-order valence-corrected chi connectivity index (χ4v) is 4.40. The summed E-state index contributed by atoms with van der Waals surface area (Å²) in [6.45, 7) is 8.78. The SMILES string of the molecule is CC1(C)CC(C(NN)C2CC2c2ccccc2)C(C)(C)O1. The number of ether oxygens (including phenoxy) is 1. The van der Waals surface area contributed by atoms with Gasteiger partial charge in [-0.2, -0.15) is 0 Å². The van der Waals surface area contributed by atoms with E-state index in [9.17, 15) is 0 Å². The van der Waals surface area contributed by atoms with Gasteiger partial charge in [-0.1, -0.05) is 30.3 Å². The van der Waals surface area contributed by atoms with Crippen molar-refractivity contribution in [3.63, 3.8) is 0 Å². The second-order valence-corrected chi connectivity index (χ2v) is 7.89. The summed E-state index contributed by atoms with van der Waals surface area (Å²) in [4.78, 5) is 0. The Morgan fingerprint density at radius 2 is 1.86 bits per heavy atom. The second kappa shape index (κ2) is 5.08. The molecule has 1 aromatic carbocycles. The highest BCUT2D eigenvalue weighted by molar-refractivity contribution is 5.27. The van der Waals surface area contributed by atoms with Gasteiger partial charge in [0, 0.05) is 12.0 Å². The molecule has 3 nitrogen and oxygen atoms in total. The van der Waals surface area contributed by atoms with E-state index in [2.05, 4.69) is 63.5 Å². The van der Waals surface area contributed by atoms with E-state index in [4.69, 9.17) is 10.6 Å². The van der Waals surface area contributed by atoms with E-state index in [1.807, 2.05) is 0 Å². The fraction of sp³-hybridized carbons (Fsp3) is 0.667. The Labute approximate surface area is 128 Å². The monoisotopic (exact) mass is 288 g/mol. The van der Waals surface area contributed by atoms with Gasteiger partial charge in [0.1, 0.15) is 0 Å². The first-order valence-electron chi connectivity index (χ1n) is 8.05. The molecule has 0 bridgehead atoms. The predicted molar refractivity (Wildman–Crippen MR) is 85.8 cm³/mol. The third kappa shape index (κ3) is 2.87. The van der Waals surface area contributed by atoms with Gasteiger partial charge in [-0.05, 0) is 57.9 Å². The number of benzene rings is 1. The lowest BCUT2D eigenvalue weighted by Crippen LogP contribution is -2.48. The summed E-state index contributed by atoms with van der Waals surface area (Å²) in [6, 6.07) is 11.1. The summed E-state index contributed by atoms with van der Waals surface area (Å²) >= 11 is 0. The van der Waals surface area contributed by atoms with Crippen LogP contribution < -0.4 is 11.3 Å². The van der Waals surface area contributed by atoms with Crippen molar-refractivity contribution in [3.8, 4) is 0 Å². The molecule has 2 aliphatic rings. The first-order chi connectivity index (χ1) is 9.84. The molecule has 0 amide bonds. The van der Waals surface area contributed by atoms with Crippen LogP contribution in [-0.2, 0) is 4.74 Å². The maximum atomic E-state index is 6.25. The molecule has 116 valence electrons. The molecule has 1 aliphatic carbocycles. The van der Waals surface area contributed by atoms with Gasteiger partial charge in [-0.15, -0.1) is 0 Å². The van der Waals surface area contributed by atoms with E-state index < -0.39 is 0 Å². The van der Waals surface area contributed by atoms with Crippen LogP contribution in [0, 0.1) is 11.8 Å². The number of hydrogen-bond donors (Lipinski definition) is 2. The van der Waals surface area contributed by atoms with Gasteiger partial charge in [0.25, 0.3) is 0 Å². The number of hydrazine groups is 1. The van der Waals surface area contributed by atoms with E-state index in [0.29, 0.717) is 23.8 Å². The highest BCUT2D eigenvalue weighted by atomic mass is 16.5. The molecule has 3 heteroatoms. The molecule has 3 N–H and O–H groups in total. The summed E-state index contributed by atoms with van der Waals surface area (Å²) in [6.07, 6.45) is 2.29. The van der Waals surface area contributed by atoms with E-state index >= 15 is 0 Å². The lowest BCUT2D eigenvalue weighted by molar-refractivity contribution is -0.0784. The largest absolute Gasteiger partial charge is 0.369 e. The van der Waals surface area contributed by atoms with Crippen molar-refractivity contribution in [2.45, 2.75) is 63.7 Å². The highest BCUT2D eigenvalue weighted by Crippen LogP contribution is 2.55. The van der Waals surface area contributed by atoms with E-state index in [1.165, 1.54) is 12.0 Å². The maximum Gasteiger partial charge on any atom is 0.0678 e. The molecular formula is C18H28N2O. The fourth-order valence-electron chi connectivity index (χ4n) is 4.40. The van der Waals surface area contributed by atoms with Gasteiger partial charge in [0.05, 0.1) is 11.2 Å². The van der Waals surface area contributed by atoms with E-state index in [-0.39, 0.29) is 11.2 Å². The average molecular weight is 288 g/mol. The van der Waals surface area contributed by atoms with Crippen LogP contribution in [0.15, 0.2) is 30.3 Å². The molecule has 1 heterocycles. The third-order valence-corrected chi connectivity index (χ3v) is 5.30. The Morgan fingerprint density at radius 3 is 2.38 bits per heavy atom. The van der Waals surface area contributed by atoms with Gasteiger partial charge in [0.15, 0.2) is 0 Å². The van der Waals surface area contributed by atoms with Crippen molar-refractivity contribution in [2.75, 3.05) is 0 Å². The average Bonchev–Trinajstić information content (AvgIpc) is 3.14. The van der Waals surface area contributed by atoms with E-state index in [0.717, 1.165) is 6.42 Å². The number of hydrogen-bond acceptors (Lipinski definition) is 3. The Balaban J connectivity index is 1.75. The minimum atomic E-state index is -0.121. The minimum Gasteiger partial charge on any atom is -0.369 e. The summed E-state index contributed by atoms with van der Waals surface area (Å²) < 4.78 is 6.25. The number of nitrogens with two attached hydrogens (primary N) is 1. The van der Waals surface area contributed by atoms with Gasteiger partial charge < -0.3 is 4.74 Å². The smallest absolute Gasteiger partial charge is 0.0678 e. The van der Waals surface area contributed by atoms with Crippen molar-refractivity contribution in [3.05, 3.63) is 35.9 Å². The maximum absolute atomic E-state index is 6.25. The summed E-state index contributed by atoms with van der Waals surface area (Å²) in [7, 11) is 0. The summed E-state index contributed by atoms with van der Waals surface area (Å²) in [5.41, 5.74) is 4.39. The normalized spacial score (nSPS) is 34.6. The lowest BCUT2D eigenvalue weighted by atomic mass is 9.79. The highest BCUT2D eigenvalue weighted by Gasteiger charge is 2.55. The van der Waals surface area contributed by atoms with Crippen LogP contribution in [0.4, 0.5) is 0 Å².